The van der Waals surface area contributed by atoms with Crippen LogP contribution in [0.4, 0.5) is 0 Å². The van der Waals surface area contributed by atoms with E-state index >= 15 is 0 Å². The summed E-state index contributed by atoms with van der Waals surface area (Å²) in [5.74, 6) is 0. The number of aromatic nitrogens is 3. The second-order valence-electron chi connectivity index (χ2n) is 7.62. The van der Waals surface area contributed by atoms with Crippen molar-refractivity contribution in [3.63, 3.8) is 0 Å². The Morgan fingerprint density at radius 3 is 2.75 bits per heavy atom. The average Bonchev–Trinajstić information content (AvgIpc) is 2.70. The summed E-state index contributed by atoms with van der Waals surface area (Å²) in [5.41, 5.74) is 10.8. The van der Waals surface area contributed by atoms with E-state index in [4.69, 9.17) is 5.73 Å². The molecule has 0 radical (unpaired) electrons. The van der Waals surface area contributed by atoms with Crippen molar-refractivity contribution in [3.8, 4) is 17.3 Å². The van der Waals surface area contributed by atoms with E-state index in [1.807, 2.05) is 24.3 Å². The molecular formula is C22H22N6. The van der Waals surface area contributed by atoms with Gasteiger partial charge in [-0.05, 0) is 35.7 Å². The molecule has 0 spiro atoms. The van der Waals surface area contributed by atoms with E-state index in [0.717, 1.165) is 27.7 Å². The third-order valence-electron chi connectivity index (χ3n) is 4.02. The summed E-state index contributed by atoms with van der Waals surface area (Å²) >= 11 is 0. The van der Waals surface area contributed by atoms with E-state index in [2.05, 4.69) is 46.8 Å². The number of hydrogen-bond acceptors (Lipinski definition) is 6. The molecule has 28 heavy (non-hydrogen) atoms. The van der Waals surface area contributed by atoms with Gasteiger partial charge in [-0.25, -0.2) is 4.98 Å². The predicted octanol–water partition coefficient (Wildman–Crippen LogP) is 3.98. The van der Waals surface area contributed by atoms with Crippen molar-refractivity contribution >= 4 is 22.8 Å². The fraction of sp³-hybridized carbons (Fsp3) is 0.227. The minimum Gasteiger partial charge on any atom is -0.404 e. The van der Waals surface area contributed by atoms with E-state index in [-0.39, 0.29) is 5.41 Å². The van der Waals surface area contributed by atoms with Crippen molar-refractivity contribution in [2.45, 2.75) is 20.8 Å². The zero-order chi connectivity index (χ0) is 20.1. The van der Waals surface area contributed by atoms with Gasteiger partial charge in [-0.3, -0.25) is 15.0 Å². The molecule has 0 fully saturated rings. The molecule has 0 bridgehead atoms. The Hall–Kier alpha value is -3.59. The number of aliphatic imine (C=N–C) groups is 1. The van der Waals surface area contributed by atoms with Gasteiger partial charge in [0.15, 0.2) is 0 Å². The molecule has 0 unspecified atom stereocenters. The van der Waals surface area contributed by atoms with Crippen molar-refractivity contribution in [3.05, 3.63) is 60.2 Å². The van der Waals surface area contributed by atoms with E-state index in [1.165, 1.54) is 6.20 Å². The molecule has 140 valence electrons. The van der Waals surface area contributed by atoms with E-state index in [1.54, 1.807) is 24.7 Å². The van der Waals surface area contributed by atoms with Gasteiger partial charge >= 0.3 is 0 Å². The Balaban J connectivity index is 2.10. The number of pyridine rings is 3. The molecule has 3 heterocycles. The van der Waals surface area contributed by atoms with Crippen LogP contribution < -0.4 is 5.73 Å². The molecule has 0 amide bonds. The molecule has 6 heteroatoms. The highest BCUT2D eigenvalue weighted by atomic mass is 14.8. The minimum atomic E-state index is 0.0793. The van der Waals surface area contributed by atoms with Gasteiger partial charge in [0.1, 0.15) is 11.8 Å². The Kier molecular flexibility index (Phi) is 5.46. The largest absolute Gasteiger partial charge is 0.404 e. The molecule has 0 aliphatic carbocycles. The van der Waals surface area contributed by atoms with Gasteiger partial charge in [-0.1, -0.05) is 20.8 Å². The maximum atomic E-state index is 9.29. The Morgan fingerprint density at radius 1 is 1.21 bits per heavy atom. The fourth-order valence-corrected chi connectivity index (χ4v) is 2.68. The highest BCUT2D eigenvalue weighted by Gasteiger charge is 2.14. The predicted molar refractivity (Wildman–Crippen MR) is 112 cm³/mol. The van der Waals surface area contributed by atoms with Gasteiger partial charge in [-0.2, -0.15) is 5.26 Å². The highest BCUT2D eigenvalue weighted by Crippen LogP contribution is 2.28. The fourth-order valence-electron chi connectivity index (χ4n) is 2.68. The highest BCUT2D eigenvalue weighted by molar-refractivity contribution is 6.11. The lowest BCUT2D eigenvalue weighted by Gasteiger charge is -2.14. The van der Waals surface area contributed by atoms with Crippen molar-refractivity contribution in [2.24, 2.45) is 16.1 Å². The average molecular weight is 370 g/mol. The molecule has 2 N–H and O–H groups in total. The first-order valence-corrected chi connectivity index (χ1v) is 8.96. The zero-order valence-electron chi connectivity index (χ0n) is 16.2. The maximum absolute atomic E-state index is 9.29. The van der Waals surface area contributed by atoms with Crippen LogP contribution in [0.25, 0.3) is 27.9 Å². The first kappa shape index (κ1) is 19.2. The standard InChI is InChI=1S/C22H22N6/c1-22(2,3)14-25-12-16(10-23)18-7-6-17(11-24)28-21(18)15-9-20-19(27-13-15)5-4-8-26-20/h4-10,12-13H,14,23H2,1-3H3/b16-10+,25-12?. The number of rotatable bonds is 4. The lowest BCUT2D eigenvalue weighted by molar-refractivity contribution is 0.430. The lowest BCUT2D eigenvalue weighted by Crippen LogP contribution is -2.09. The van der Waals surface area contributed by atoms with Gasteiger partial charge in [0, 0.05) is 48.1 Å². The molecule has 0 atom stereocenters. The van der Waals surface area contributed by atoms with Crippen molar-refractivity contribution in [1.82, 2.24) is 15.0 Å². The smallest absolute Gasteiger partial charge is 0.141 e. The van der Waals surface area contributed by atoms with Crippen molar-refractivity contribution < 1.29 is 0 Å². The van der Waals surface area contributed by atoms with Gasteiger partial charge in [0.2, 0.25) is 0 Å². The van der Waals surface area contributed by atoms with Gasteiger partial charge in [0.05, 0.1) is 16.7 Å². The Labute approximate surface area is 164 Å². The summed E-state index contributed by atoms with van der Waals surface area (Å²) in [6.07, 6.45) is 6.71. The molecule has 0 aliphatic rings. The third kappa shape index (κ3) is 4.38. The number of allylic oxidation sites excluding steroid dienone is 1. The van der Waals surface area contributed by atoms with Gasteiger partial charge in [0.25, 0.3) is 0 Å². The van der Waals surface area contributed by atoms with Gasteiger partial charge in [-0.15, -0.1) is 0 Å². The summed E-state index contributed by atoms with van der Waals surface area (Å²) in [5, 5.41) is 9.29. The zero-order valence-corrected chi connectivity index (χ0v) is 16.2. The summed E-state index contributed by atoms with van der Waals surface area (Å²) in [7, 11) is 0. The normalized spacial score (nSPS) is 12.4. The Bertz CT molecular complexity index is 1100. The maximum Gasteiger partial charge on any atom is 0.141 e. The van der Waals surface area contributed by atoms with Crippen LogP contribution in [0.15, 0.2) is 53.9 Å². The summed E-state index contributed by atoms with van der Waals surface area (Å²) < 4.78 is 0. The van der Waals surface area contributed by atoms with Crippen LogP contribution in [0, 0.1) is 16.7 Å². The molecule has 3 aromatic rings. The number of hydrogen-bond donors (Lipinski definition) is 1. The van der Waals surface area contributed by atoms with E-state index < -0.39 is 0 Å². The second-order valence-corrected chi connectivity index (χ2v) is 7.62. The molecule has 3 aromatic heterocycles. The van der Waals surface area contributed by atoms with E-state index in [9.17, 15) is 5.26 Å². The lowest BCUT2D eigenvalue weighted by atomic mass is 9.97. The molecule has 0 saturated heterocycles. The summed E-state index contributed by atoms with van der Waals surface area (Å²) in [6.45, 7) is 7.04. The molecular weight excluding hydrogens is 348 g/mol. The van der Waals surface area contributed by atoms with Crippen molar-refractivity contribution in [1.29, 1.82) is 5.26 Å². The van der Waals surface area contributed by atoms with Crippen LogP contribution >= 0.6 is 0 Å². The first-order chi connectivity index (χ1) is 13.4. The SMILES string of the molecule is CC(C)(C)CN=C/C(=C\N)c1ccc(C#N)nc1-c1cnc2cccnc2c1. The van der Waals surface area contributed by atoms with Crippen LogP contribution in [-0.2, 0) is 0 Å². The number of nitriles is 1. The monoisotopic (exact) mass is 370 g/mol. The van der Waals surface area contributed by atoms with Crippen LogP contribution in [0.2, 0.25) is 0 Å². The number of nitrogens with two attached hydrogens (primary N) is 1. The third-order valence-corrected chi connectivity index (χ3v) is 4.02. The van der Waals surface area contributed by atoms with Crippen LogP contribution in [0.5, 0.6) is 0 Å². The van der Waals surface area contributed by atoms with Crippen LogP contribution in [0.3, 0.4) is 0 Å². The molecule has 0 saturated carbocycles. The molecule has 0 aromatic carbocycles. The quantitative estimate of drug-likeness (QED) is 0.700. The number of nitrogens with zero attached hydrogens (tertiary/aromatic N) is 5. The molecule has 0 aliphatic heterocycles. The molecule has 3 rings (SSSR count). The molecule has 6 nitrogen and oxygen atoms in total. The number of fused-ring (bicyclic) bond motifs is 1. The summed E-state index contributed by atoms with van der Waals surface area (Å²) in [6, 6.07) is 11.3. The minimum absolute atomic E-state index is 0.0793. The summed E-state index contributed by atoms with van der Waals surface area (Å²) in [4.78, 5) is 17.9. The second kappa shape index (κ2) is 7.97. The van der Waals surface area contributed by atoms with Gasteiger partial charge < -0.3 is 5.73 Å². The van der Waals surface area contributed by atoms with E-state index in [0.29, 0.717) is 17.9 Å². The first-order valence-electron chi connectivity index (χ1n) is 8.96. The topological polar surface area (TPSA) is 101 Å². The Morgan fingerprint density at radius 2 is 2.04 bits per heavy atom. The van der Waals surface area contributed by atoms with Crippen LogP contribution in [-0.4, -0.2) is 27.7 Å². The van der Waals surface area contributed by atoms with Crippen molar-refractivity contribution in [2.75, 3.05) is 6.54 Å². The van der Waals surface area contributed by atoms with Crippen LogP contribution in [0.1, 0.15) is 32.0 Å².